The van der Waals surface area contributed by atoms with Gasteiger partial charge in [-0.05, 0) is 31.9 Å². The van der Waals surface area contributed by atoms with Gasteiger partial charge in [0.05, 0.1) is 6.20 Å². The normalized spacial score (nSPS) is 11.8. The van der Waals surface area contributed by atoms with Crippen LogP contribution in [-0.4, -0.2) is 52.1 Å². The van der Waals surface area contributed by atoms with Crippen LogP contribution in [0.2, 0.25) is 0 Å². The van der Waals surface area contributed by atoms with Crippen molar-refractivity contribution in [3.8, 4) is 11.3 Å². The van der Waals surface area contributed by atoms with Crippen LogP contribution in [0.4, 0.5) is 5.69 Å². The minimum Gasteiger partial charge on any atom is -0.480 e. The van der Waals surface area contributed by atoms with Crippen LogP contribution < -0.4 is 10.2 Å². The summed E-state index contributed by atoms with van der Waals surface area (Å²) in [7, 11) is 4.03. The lowest BCUT2D eigenvalue weighted by Gasteiger charge is -2.11. The van der Waals surface area contributed by atoms with Crippen molar-refractivity contribution < 1.29 is 14.7 Å². The third-order valence-electron chi connectivity index (χ3n) is 4.76. The van der Waals surface area contributed by atoms with Gasteiger partial charge in [0, 0.05) is 38.3 Å². The molecule has 1 aromatic heterocycles. The molecule has 1 amide bonds. The third kappa shape index (κ3) is 7.56. The van der Waals surface area contributed by atoms with Gasteiger partial charge in [0.1, 0.15) is 11.7 Å². The molecule has 0 saturated carbocycles. The summed E-state index contributed by atoms with van der Waals surface area (Å²) in [5.74, 6) is -1.21. The molecular formula is C21H31N5O3. The quantitative estimate of drug-likeness (QED) is 0.531. The second-order valence-electron chi connectivity index (χ2n) is 7.45. The Labute approximate surface area is 171 Å². The van der Waals surface area contributed by atoms with Gasteiger partial charge in [-0.3, -0.25) is 14.3 Å². The first kappa shape index (κ1) is 22.4. The van der Waals surface area contributed by atoms with Crippen molar-refractivity contribution in [1.29, 1.82) is 0 Å². The number of unbranched alkanes of at least 4 members (excludes halogenated alkanes) is 4. The van der Waals surface area contributed by atoms with Crippen LogP contribution in [-0.2, 0) is 16.1 Å². The fourth-order valence-electron chi connectivity index (χ4n) is 2.94. The number of aryl methyl sites for hydroxylation is 1. The molecule has 0 radical (unpaired) electrons. The van der Waals surface area contributed by atoms with Gasteiger partial charge in [-0.25, -0.2) is 0 Å². The molecule has 0 aliphatic rings. The van der Waals surface area contributed by atoms with E-state index in [1.54, 1.807) is 0 Å². The molecule has 1 aromatic carbocycles. The molecule has 0 unspecified atom stereocenters. The Balaban J connectivity index is 1.62. The zero-order valence-electron chi connectivity index (χ0n) is 17.5. The van der Waals surface area contributed by atoms with Crippen LogP contribution in [0.5, 0.6) is 0 Å². The number of hydrogen-bond donors (Lipinski definition) is 2. The SMILES string of the molecule is C[C@H](NC(=O)CCCCCCCn1cc(-c2ccc(N(C)C)cc2)nn1)C(=O)O. The number of hydrogen-bond acceptors (Lipinski definition) is 5. The second-order valence-corrected chi connectivity index (χ2v) is 7.45. The number of benzene rings is 1. The standard InChI is InChI=1S/C21H31N5O3/c1-16(21(28)29)22-20(27)9-7-5-4-6-8-14-26-15-19(23-24-26)17-10-12-18(13-11-17)25(2)3/h10-13,15-16H,4-9,14H2,1-3H3,(H,22,27)(H,28,29)/t16-/m0/s1. The smallest absolute Gasteiger partial charge is 0.325 e. The summed E-state index contributed by atoms with van der Waals surface area (Å²) in [5, 5.41) is 19.7. The summed E-state index contributed by atoms with van der Waals surface area (Å²) < 4.78 is 1.87. The number of carboxylic acids is 1. The topological polar surface area (TPSA) is 100 Å². The maximum Gasteiger partial charge on any atom is 0.325 e. The summed E-state index contributed by atoms with van der Waals surface area (Å²) in [6.45, 7) is 2.29. The average molecular weight is 402 g/mol. The molecule has 1 atom stereocenters. The summed E-state index contributed by atoms with van der Waals surface area (Å²) in [6.07, 6.45) is 7.17. The second kappa shape index (κ2) is 11.2. The van der Waals surface area contributed by atoms with Gasteiger partial charge in [-0.15, -0.1) is 5.10 Å². The number of amides is 1. The Morgan fingerprint density at radius 2 is 1.76 bits per heavy atom. The minimum atomic E-state index is -1.01. The molecule has 0 bridgehead atoms. The Kier molecular flexibility index (Phi) is 8.64. The van der Waals surface area contributed by atoms with Crippen LogP contribution >= 0.6 is 0 Å². The van der Waals surface area contributed by atoms with Crippen LogP contribution in [0.25, 0.3) is 11.3 Å². The highest BCUT2D eigenvalue weighted by molar-refractivity contribution is 5.83. The molecule has 0 aliphatic carbocycles. The van der Waals surface area contributed by atoms with Crippen molar-refractivity contribution in [2.24, 2.45) is 0 Å². The predicted octanol–water partition coefficient (Wildman–Crippen LogP) is 2.94. The van der Waals surface area contributed by atoms with E-state index >= 15 is 0 Å². The Hall–Kier alpha value is -2.90. The van der Waals surface area contributed by atoms with E-state index in [1.165, 1.54) is 6.92 Å². The van der Waals surface area contributed by atoms with Crippen molar-refractivity contribution in [3.63, 3.8) is 0 Å². The molecule has 2 aromatic rings. The number of anilines is 1. The number of aliphatic carboxylic acids is 1. The number of aromatic nitrogens is 3. The molecule has 0 saturated heterocycles. The highest BCUT2D eigenvalue weighted by atomic mass is 16.4. The Morgan fingerprint density at radius 3 is 2.41 bits per heavy atom. The lowest BCUT2D eigenvalue weighted by Crippen LogP contribution is -2.38. The zero-order chi connectivity index (χ0) is 21.2. The first-order valence-electron chi connectivity index (χ1n) is 10.1. The Morgan fingerprint density at radius 1 is 1.10 bits per heavy atom. The average Bonchev–Trinajstić information content (AvgIpc) is 3.16. The van der Waals surface area contributed by atoms with Crippen molar-refractivity contribution in [2.45, 2.75) is 58.0 Å². The molecule has 29 heavy (non-hydrogen) atoms. The van der Waals surface area contributed by atoms with E-state index in [0.717, 1.165) is 55.6 Å². The number of carbonyl (C=O) groups is 2. The van der Waals surface area contributed by atoms with Crippen molar-refractivity contribution >= 4 is 17.6 Å². The van der Waals surface area contributed by atoms with Gasteiger partial charge in [0.25, 0.3) is 0 Å². The van der Waals surface area contributed by atoms with Gasteiger partial charge in [-0.1, -0.05) is 36.6 Å². The van der Waals surface area contributed by atoms with Gasteiger partial charge < -0.3 is 15.3 Å². The van der Waals surface area contributed by atoms with E-state index in [4.69, 9.17) is 5.11 Å². The fraction of sp³-hybridized carbons (Fsp3) is 0.524. The van der Waals surface area contributed by atoms with Crippen molar-refractivity contribution in [3.05, 3.63) is 30.5 Å². The van der Waals surface area contributed by atoms with E-state index in [9.17, 15) is 9.59 Å². The number of nitrogens with zero attached hydrogens (tertiary/aromatic N) is 4. The first-order valence-corrected chi connectivity index (χ1v) is 10.1. The van der Waals surface area contributed by atoms with E-state index in [1.807, 2.05) is 25.0 Å². The molecule has 2 rings (SSSR count). The third-order valence-corrected chi connectivity index (χ3v) is 4.76. The molecule has 8 heteroatoms. The monoisotopic (exact) mass is 401 g/mol. The number of carbonyl (C=O) groups excluding carboxylic acids is 1. The van der Waals surface area contributed by atoms with Crippen LogP contribution in [0.3, 0.4) is 0 Å². The van der Waals surface area contributed by atoms with Crippen LogP contribution in [0.15, 0.2) is 30.5 Å². The summed E-state index contributed by atoms with van der Waals surface area (Å²) in [5.41, 5.74) is 3.07. The van der Waals surface area contributed by atoms with E-state index in [0.29, 0.717) is 6.42 Å². The highest BCUT2D eigenvalue weighted by Crippen LogP contribution is 2.20. The number of rotatable bonds is 12. The molecule has 158 valence electrons. The Bertz CT molecular complexity index is 786. The molecular weight excluding hydrogens is 370 g/mol. The van der Waals surface area contributed by atoms with E-state index in [-0.39, 0.29) is 5.91 Å². The van der Waals surface area contributed by atoms with Crippen molar-refractivity contribution in [2.75, 3.05) is 19.0 Å². The maximum atomic E-state index is 11.6. The van der Waals surface area contributed by atoms with Crippen LogP contribution in [0, 0.1) is 0 Å². The van der Waals surface area contributed by atoms with E-state index in [2.05, 4.69) is 44.8 Å². The molecule has 1 heterocycles. The maximum absolute atomic E-state index is 11.6. The lowest BCUT2D eigenvalue weighted by molar-refractivity contribution is -0.141. The summed E-state index contributed by atoms with van der Waals surface area (Å²) in [6, 6.07) is 7.41. The van der Waals surface area contributed by atoms with Gasteiger partial charge >= 0.3 is 5.97 Å². The summed E-state index contributed by atoms with van der Waals surface area (Å²) in [4.78, 5) is 24.4. The zero-order valence-corrected chi connectivity index (χ0v) is 17.5. The van der Waals surface area contributed by atoms with Gasteiger partial charge in [0.15, 0.2) is 0 Å². The largest absolute Gasteiger partial charge is 0.480 e. The number of nitrogens with one attached hydrogen (secondary N) is 1. The molecule has 8 nitrogen and oxygen atoms in total. The number of carboxylic acid groups (broad SMARTS) is 1. The molecule has 0 aliphatic heterocycles. The lowest BCUT2D eigenvalue weighted by atomic mass is 10.1. The molecule has 2 N–H and O–H groups in total. The molecule has 0 spiro atoms. The van der Waals surface area contributed by atoms with Crippen molar-refractivity contribution in [1.82, 2.24) is 20.3 Å². The molecule has 0 fully saturated rings. The van der Waals surface area contributed by atoms with Gasteiger partial charge in [0.2, 0.25) is 5.91 Å². The highest BCUT2D eigenvalue weighted by Gasteiger charge is 2.13. The van der Waals surface area contributed by atoms with Crippen LogP contribution in [0.1, 0.15) is 45.4 Å². The minimum absolute atomic E-state index is 0.200. The first-order chi connectivity index (χ1) is 13.9. The summed E-state index contributed by atoms with van der Waals surface area (Å²) >= 11 is 0. The van der Waals surface area contributed by atoms with E-state index < -0.39 is 12.0 Å². The van der Waals surface area contributed by atoms with Gasteiger partial charge in [-0.2, -0.15) is 0 Å². The fourth-order valence-corrected chi connectivity index (χ4v) is 2.94. The predicted molar refractivity (Wildman–Crippen MR) is 113 cm³/mol.